The third kappa shape index (κ3) is 2.41. The Balaban J connectivity index is 2.26. The molecule has 0 saturated heterocycles. The van der Waals surface area contributed by atoms with Crippen molar-refractivity contribution in [1.82, 2.24) is 4.90 Å². The average molecular weight is 275 g/mol. The third-order valence-corrected chi connectivity index (χ3v) is 3.75. The zero-order valence-electron chi connectivity index (χ0n) is 12.2. The minimum atomic E-state index is -0.658. The largest absolute Gasteiger partial charge is 0.342 e. The monoisotopic (exact) mass is 275 g/mol. The Hall–Kier alpha value is -1.88. The molecule has 1 aliphatic rings. The lowest BCUT2D eigenvalue weighted by molar-refractivity contribution is -0.131. The van der Waals surface area contributed by atoms with Gasteiger partial charge in [0.25, 0.3) is 0 Å². The lowest BCUT2D eigenvalue weighted by atomic mass is 10.1. The van der Waals surface area contributed by atoms with Crippen molar-refractivity contribution in [2.45, 2.75) is 26.8 Å². The quantitative estimate of drug-likeness (QED) is 0.898. The minimum absolute atomic E-state index is 0.0519. The number of benzene rings is 1. The Morgan fingerprint density at radius 2 is 2.00 bits per heavy atom. The van der Waals surface area contributed by atoms with Crippen molar-refractivity contribution in [3.63, 3.8) is 0 Å². The van der Waals surface area contributed by atoms with Crippen molar-refractivity contribution in [2.75, 3.05) is 24.5 Å². The summed E-state index contributed by atoms with van der Waals surface area (Å²) in [6.07, 6.45) is 0. The first-order valence-electron chi connectivity index (χ1n) is 6.94. The van der Waals surface area contributed by atoms with Crippen LogP contribution in [0.5, 0.6) is 0 Å². The van der Waals surface area contributed by atoms with E-state index >= 15 is 0 Å². The van der Waals surface area contributed by atoms with Crippen LogP contribution in [-0.2, 0) is 9.59 Å². The molecule has 1 heterocycles. The molecule has 2 rings (SSSR count). The number of carbonyl (C=O) groups is 2. The zero-order valence-corrected chi connectivity index (χ0v) is 12.2. The second kappa shape index (κ2) is 5.63. The molecule has 1 aliphatic heterocycles. The van der Waals surface area contributed by atoms with Crippen LogP contribution in [0.4, 0.5) is 5.69 Å². The second-order valence-corrected chi connectivity index (χ2v) is 5.03. The van der Waals surface area contributed by atoms with Crippen molar-refractivity contribution in [3.05, 3.63) is 29.3 Å². The maximum Gasteiger partial charge on any atom is 0.249 e. The van der Waals surface area contributed by atoms with Crippen LogP contribution in [0, 0.1) is 6.92 Å². The number of aryl methyl sites for hydroxylation is 1. The number of hydrogen-bond donors (Lipinski definition) is 1. The molecular formula is C15H21N3O2. The smallest absolute Gasteiger partial charge is 0.249 e. The summed E-state index contributed by atoms with van der Waals surface area (Å²) in [6.45, 7) is 7.16. The van der Waals surface area contributed by atoms with E-state index in [2.05, 4.69) is 0 Å². The van der Waals surface area contributed by atoms with Gasteiger partial charge in [0.1, 0.15) is 12.6 Å². The van der Waals surface area contributed by atoms with Gasteiger partial charge in [0.05, 0.1) is 0 Å². The molecule has 1 atom stereocenters. The highest BCUT2D eigenvalue weighted by Gasteiger charge is 2.36. The summed E-state index contributed by atoms with van der Waals surface area (Å²) >= 11 is 0. The first kappa shape index (κ1) is 14.5. The summed E-state index contributed by atoms with van der Waals surface area (Å²) in [5.41, 5.74) is 8.57. The summed E-state index contributed by atoms with van der Waals surface area (Å²) in [6, 6.07) is 5.05. The highest BCUT2D eigenvalue weighted by molar-refractivity contribution is 6.07. The Bertz CT molecular complexity index is 538. The molecule has 1 unspecified atom stereocenters. The first-order valence-corrected chi connectivity index (χ1v) is 6.94. The summed E-state index contributed by atoms with van der Waals surface area (Å²) in [5.74, 6) is -0.255. The molecule has 108 valence electrons. The standard InChI is InChI=1S/C15H21N3O2/c1-4-17(5-2)13(19)9-18-12-7-6-10(3)8-11(12)14(16)15(18)20/h6-8,14H,4-5,9,16H2,1-3H3. The number of likely N-dealkylation sites (N-methyl/N-ethyl adjacent to an activating group) is 1. The van der Waals surface area contributed by atoms with E-state index in [1.165, 1.54) is 4.90 Å². The molecular weight excluding hydrogens is 254 g/mol. The Labute approximate surface area is 119 Å². The molecule has 1 aromatic rings. The van der Waals surface area contributed by atoms with Gasteiger partial charge in [-0.2, -0.15) is 0 Å². The van der Waals surface area contributed by atoms with Crippen LogP contribution in [0.25, 0.3) is 0 Å². The topological polar surface area (TPSA) is 66.6 Å². The summed E-state index contributed by atoms with van der Waals surface area (Å²) in [4.78, 5) is 27.6. The van der Waals surface area contributed by atoms with E-state index in [9.17, 15) is 9.59 Å². The number of anilines is 1. The molecule has 5 nitrogen and oxygen atoms in total. The van der Waals surface area contributed by atoms with Gasteiger partial charge in [-0.3, -0.25) is 9.59 Å². The van der Waals surface area contributed by atoms with Gasteiger partial charge in [0.2, 0.25) is 11.8 Å². The normalized spacial score (nSPS) is 17.3. The van der Waals surface area contributed by atoms with Gasteiger partial charge in [-0.05, 0) is 26.8 Å². The van der Waals surface area contributed by atoms with Crippen LogP contribution >= 0.6 is 0 Å². The number of nitrogens with two attached hydrogens (primary N) is 1. The predicted molar refractivity (Wildman–Crippen MR) is 78.4 cm³/mol. The first-order chi connectivity index (χ1) is 9.49. The Morgan fingerprint density at radius 3 is 2.60 bits per heavy atom. The van der Waals surface area contributed by atoms with E-state index in [1.54, 1.807) is 4.90 Å². The van der Waals surface area contributed by atoms with Crippen molar-refractivity contribution in [3.8, 4) is 0 Å². The van der Waals surface area contributed by atoms with Gasteiger partial charge in [0, 0.05) is 24.3 Å². The molecule has 5 heteroatoms. The van der Waals surface area contributed by atoms with Gasteiger partial charge in [-0.1, -0.05) is 17.7 Å². The minimum Gasteiger partial charge on any atom is -0.342 e. The van der Waals surface area contributed by atoms with Crippen LogP contribution in [0.3, 0.4) is 0 Å². The van der Waals surface area contributed by atoms with E-state index in [0.29, 0.717) is 13.1 Å². The number of nitrogens with zero attached hydrogens (tertiary/aromatic N) is 2. The molecule has 0 fully saturated rings. The van der Waals surface area contributed by atoms with Crippen LogP contribution in [0.1, 0.15) is 31.0 Å². The van der Waals surface area contributed by atoms with Crippen molar-refractivity contribution < 1.29 is 9.59 Å². The summed E-state index contributed by atoms with van der Waals surface area (Å²) in [5, 5.41) is 0. The SMILES string of the molecule is CCN(CC)C(=O)CN1C(=O)C(N)c2cc(C)ccc21. The molecule has 20 heavy (non-hydrogen) atoms. The molecule has 1 aromatic carbocycles. The summed E-state index contributed by atoms with van der Waals surface area (Å²) < 4.78 is 0. The van der Waals surface area contributed by atoms with Gasteiger partial charge in [-0.15, -0.1) is 0 Å². The highest BCUT2D eigenvalue weighted by Crippen LogP contribution is 2.34. The fraction of sp³-hybridized carbons (Fsp3) is 0.467. The molecule has 0 bridgehead atoms. The molecule has 0 aromatic heterocycles. The molecule has 0 saturated carbocycles. The van der Waals surface area contributed by atoms with Gasteiger partial charge < -0.3 is 15.5 Å². The zero-order chi connectivity index (χ0) is 14.9. The molecule has 0 radical (unpaired) electrons. The number of rotatable bonds is 4. The predicted octanol–water partition coefficient (Wildman–Crippen LogP) is 1.21. The van der Waals surface area contributed by atoms with Gasteiger partial charge >= 0.3 is 0 Å². The molecule has 2 N–H and O–H groups in total. The fourth-order valence-corrected chi connectivity index (χ4v) is 2.56. The van der Waals surface area contributed by atoms with Gasteiger partial charge in [-0.25, -0.2) is 0 Å². The molecule has 0 aliphatic carbocycles. The van der Waals surface area contributed by atoms with E-state index in [-0.39, 0.29) is 18.4 Å². The maximum absolute atomic E-state index is 12.2. The van der Waals surface area contributed by atoms with Crippen LogP contribution in [0.15, 0.2) is 18.2 Å². The van der Waals surface area contributed by atoms with Crippen molar-refractivity contribution >= 4 is 17.5 Å². The lowest BCUT2D eigenvalue weighted by Gasteiger charge is -2.23. The Morgan fingerprint density at radius 1 is 1.35 bits per heavy atom. The second-order valence-electron chi connectivity index (χ2n) is 5.03. The van der Waals surface area contributed by atoms with Crippen molar-refractivity contribution in [1.29, 1.82) is 0 Å². The van der Waals surface area contributed by atoms with Crippen LogP contribution in [-0.4, -0.2) is 36.3 Å². The van der Waals surface area contributed by atoms with E-state index in [0.717, 1.165) is 16.8 Å². The van der Waals surface area contributed by atoms with Crippen molar-refractivity contribution in [2.24, 2.45) is 5.73 Å². The number of fused-ring (bicyclic) bond motifs is 1. The fourth-order valence-electron chi connectivity index (χ4n) is 2.56. The van der Waals surface area contributed by atoms with Crippen LogP contribution in [0.2, 0.25) is 0 Å². The van der Waals surface area contributed by atoms with Gasteiger partial charge in [0.15, 0.2) is 0 Å². The highest BCUT2D eigenvalue weighted by atomic mass is 16.2. The number of hydrogen-bond acceptors (Lipinski definition) is 3. The van der Waals surface area contributed by atoms with Crippen LogP contribution < -0.4 is 10.6 Å². The number of amides is 2. The van der Waals surface area contributed by atoms with E-state index in [4.69, 9.17) is 5.73 Å². The van der Waals surface area contributed by atoms with E-state index < -0.39 is 6.04 Å². The molecule has 2 amide bonds. The number of carbonyl (C=O) groups excluding carboxylic acids is 2. The van der Waals surface area contributed by atoms with E-state index in [1.807, 2.05) is 39.0 Å². The Kier molecular flexibility index (Phi) is 4.09. The lowest BCUT2D eigenvalue weighted by Crippen LogP contribution is -2.42. The third-order valence-electron chi connectivity index (χ3n) is 3.75. The summed E-state index contributed by atoms with van der Waals surface area (Å²) in [7, 11) is 0. The average Bonchev–Trinajstić information content (AvgIpc) is 2.65. The maximum atomic E-state index is 12.2. The molecule has 0 spiro atoms.